The predicted molar refractivity (Wildman–Crippen MR) is 115 cm³/mol. The molecule has 0 bridgehead atoms. The van der Waals surface area contributed by atoms with Crippen LogP contribution >= 0.6 is 0 Å². The first kappa shape index (κ1) is 21.5. The zero-order chi connectivity index (χ0) is 22.2. The number of benzene rings is 1. The number of carbonyl (C=O) groups is 2. The summed E-state index contributed by atoms with van der Waals surface area (Å²) in [6.45, 7) is 5.09. The van der Waals surface area contributed by atoms with Crippen molar-refractivity contribution in [3.8, 4) is 0 Å². The average molecular weight is 448 g/mol. The Bertz CT molecular complexity index is 865. The van der Waals surface area contributed by atoms with E-state index < -0.39 is 12.2 Å². The lowest BCUT2D eigenvalue weighted by Crippen LogP contribution is -2.33. The van der Waals surface area contributed by atoms with Gasteiger partial charge in [-0.2, -0.15) is 0 Å². The van der Waals surface area contributed by atoms with Crippen molar-refractivity contribution >= 4 is 23.4 Å². The van der Waals surface area contributed by atoms with Crippen molar-refractivity contribution in [3.05, 3.63) is 24.0 Å². The molecule has 3 saturated heterocycles. The first-order valence-corrected chi connectivity index (χ1v) is 11.5. The molecule has 2 amide bonds. The third-order valence-corrected chi connectivity index (χ3v) is 7.02. The van der Waals surface area contributed by atoms with Crippen LogP contribution in [0, 0.1) is 23.6 Å². The molecule has 9 heteroatoms. The monoisotopic (exact) mass is 447 g/mol. The maximum Gasteiger partial charge on any atom is 0.414 e. The SMILES string of the molecule is CC(=O)NC[C@H]1CN(c2ccc(N3C[C@@H]4C(COC5CCCCO5)[C@@H]4C3)c(F)c2)C(=O)O1. The van der Waals surface area contributed by atoms with E-state index in [1.54, 1.807) is 12.1 Å². The average Bonchev–Trinajstić information content (AvgIpc) is 3.09. The van der Waals surface area contributed by atoms with Gasteiger partial charge in [-0.3, -0.25) is 9.69 Å². The summed E-state index contributed by atoms with van der Waals surface area (Å²) in [4.78, 5) is 26.7. The van der Waals surface area contributed by atoms with Gasteiger partial charge < -0.3 is 24.4 Å². The summed E-state index contributed by atoms with van der Waals surface area (Å²) in [5.41, 5.74) is 1.03. The van der Waals surface area contributed by atoms with Gasteiger partial charge in [0.1, 0.15) is 11.9 Å². The van der Waals surface area contributed by atoms with Crippen molar-refractivity contribution in [2.75, 3.05) is 49.2 Å². The quantitative estimate of drug-likeness (QED) is 0.692. The molecule has 1 saturated carbocycles. The lowest BCUT2D eigenvalue weighted by Gasteiger charge is -2.25. The number of halogens is 1. The third-order valence-electron chi connectivity index (χ3n) is 7.02. The number of fused-ring (bicyclic) bond motifs is 1. The second-order valence-corrected chi connectivity index (χ2v) is 9.22. The number of hydrogen-bond acceptors (Lipinski definition) is 6. The highest BCUT2D eigenvalue weighted by atomic mass is 19.1. The van der Waals surface area contributed by atoms with Gasteiger partial charge in [0.15, 0.2) is 6.29 Å². The van der Waals surface area contributed by atoms with E-state index in [4.69, 9.17) is 14.2 Å². The number of hydrogen-bond donors (Lipinski definition) is 1. The standard InChI is InChI=1S/C23H30FN3O5/c1-14(28)25-9-16-10-27(23(29)32-16)15-5-6-21(20(24)8-15)26-11-17-18(12-26)19(17)13-31-22-4-2-3-7-30-22/h5-6,8,16-19,22H,2-4,7,9-13H2,1H3,(H,25,28)/t16-,17-,18+,19?,22?/m0/s1. The molecule has 2 unspecified atom stereocenters. The van der Waals surface area contributed by atoms with Crippen LogP contribution in [-0.2, 0) is 19.0 Å². The first-order chi connectivity index (χ1) is 15.5. The molecule has 4 fully saturated rings. The van der Waals surface area contributed by atoms with Gasteiger partial charge in [0, 0.05) is 26.6 Å². The Kier molecular flexibility index (Phi) is 5.94. The van der Waals surface area contributed by atoms with E-state index in [1.807, 2.05) is 0 Å². The number of ether oxygens (including phenoxy) is 3. The van der Waals surface area contributed by atoms with Gasteiger partial charge in [-0.1, -0.05) is 0 Å². The van der Waals surface area contributed by atoms with E-state index in [1.165, 1.54) is 17.9 Å². The van der Waals surface area contributed by atoms with E-state index in [-0.39, 0.29) is 31.1 Å². The van der Waals surface area contributed by atoms with Crippen LogP contribution in [0.2, 0.25) is 0 Å². The Labute approximate surface area is 187 Å². The number of nitrogens with one attached hydrogen (secondary N) is 1. The van der Waals surface area contributed by atoms with E-state index in [0.717, 1.165) is 45.6 Å². The number of cyclic esters (lactones) is 1. The molecule has 1 aromatic rings. The fourth-order valence-electron chi connectivity index (χ4n) is 5.17. The molecule has 0 aromatic heterocycles. The van der Waals surface area contributed by atoms with Crippen molar-refractivity contribution in [2.45, 2.75) is 38.6 Å². The molecular weight excluding hydrogens is 417 g/mol. The number of amides is 2. The zero-order valence-electron chi connectivity index (χ0n) is 18.3. The summed E-state index contributed by atoms with van der Waals surface area (Å²) in [5, 5.41) is 2.64. The Morgan fingerprint density at radius 2 is 2.06 bits per heavy atom. The topological polar surface area (TPSA) is 80.3 Å². The predicted octanol–water partition coefficient (Wildman–Crippen LogP) is 2.51. The Balaban J connectivity index is 1.13. The van der Waals surface area contributed by atoms with Crippen molar-refractivity contribution in [2.24, 2.45) is 17.8 Å². The van der Waals surface area contributed by atoms with Crippen LogP contribution in [0.1, 0.15) is 26.2 Å². The number of nitrogens with zero attached hydrogens (tertiary/aromatic N) is 2. The molecule has 1 aromatic carbocycles. The Morgan fingerprint density at radius 3 is 2.75 bits per heavy atom. The molecule has 0 radical (unpaired) electrons. The number of piperidine rings is 1. The summed E-state index contributed by atoms with van der Waals surface area (Å²) < 4.78 is 31.8. The summed E-state index contributed by atoms with van der Waals surface area (Å²) in [6.07, 6.45) is 2.23. The van der Waals surface area contributed by atoms with Gasteiger partial charge in [-0.25, -0.2) is 9.18 Å². The fourth-order valence-corrected chi connectivity index (χ4v) is 5.17. The van der Waals surface area contributed by atoms with E-state index in [9.17, 15) is 14.0 Å². The molecule has 174 valence electrons. The molecule has 5 rings (SSSR count). The maximum atomic E-state index is 14.9. The van der Waals surface area contributed by atoms with Gasteiger partial charge in [-0.15, -0.1) is 0 Å². The van der Waals surface area contributed by atoms with Gasteiger partial charge in [0.05, 0.1) is 31.1 Å². The smallest absolute Gasteiger partial charge is 0.414 e. The van der Waals surface area contributed by atoms with Crippen LogP contribution in [0.5, 0.6) is 0 Å². The van der Waals surface area contributed by atoms with Crippen LogP contribution < -0.4 is 15.1 Å². The van der Waals surface area contributed by atoms with Crippen LogP contribution in [-0.4, -0.2) is 63.8 Å². The Hall–Kier alpha value is -2.39. The summed E-state index contributed by atoms with van der Waals surface area (Å²) in [7, 11) is 0. The number of carbonyl (C=O) groups excluding carboxylic acids is 2. The molecule has 4 aliphatic rings. The van der Waals surface area contributed by atoms with E-state index >= 15 is 0 Å². The normalized spacial score (nSPS) is 31.4. The fraction of sp³-hybridized carbons (Fsp3) is 0.652. The van der Waals surface area contributed by atoms with Gasteiger partial charge in [-0.05, 0) is 55.2 Å². The lowest BCUT2D eigenvalue weighted by atomic mass is 10.2. The molecule has 5 atom stereocenters. The van der Waals surface area contributed by atoms with Crippen LogP contribution in [0.15, 0.2) is 18.2 Å². The molecule has 32 heavy (non-hydrogen) atoms. The molecule has 1 aliphatic carbocycles. The lowest BCUT2D eigenvalue weighted by molar-refractivity contribution is -0.165. The van der Waals surface area contributed by atoms with Crippen molar-refractivity contribution in [1.82, 2.24) is 5.32 Å². The van der Waals surface area contributed by atoms with Crippen LogP contribution in [0.25, 0.3) is 0 Å². The molecule has 8 nitrogen and oxygen atoms in total. The van der Waals surface area contributed by atoms with Crippen LogP contribution in [0.3, 0.4) is 0 Å². The summed E-state index contributed by atoms with van der Waals surface area (Å²) in [5.74, 6) is 1.10. The highest BCUT2D eigenvalue weighted by Gasteiger charge is 2.56. The maximum absolute atomic E-state index is 14.9. The largest absolute Gasteiger partial charge is 0.442 e. The number of anilines is 2. The van der Waals surface area contributed by atoms with Crippen molar-refractivity contribution in [3.63, 3.8) is 0 Å². The van der Waals surface area contributed by atoms with Crippen molar-refractivity contribution < 1.29 is 28.2 Å². The minimum absolute atomic E-state index is 0.0544. The third kappa shape index (κ3) is 4.41. The second kappa shape index (κ2) is 8.86. The number of rotatable bonds is 7. The molecular formula is C23H30FN3O5. The van der Waals surface area contributed by atoms with Crippen LogP contribution in [0.4, 0.5) is 20.6 Å². The van der Waals surface area contributed by atoms with Gasteiger partial charge >= 0.3 is 6.09 Å². The molecule has 1 N–H and O–H groups in total. The first-order valence-electron chi connectivity index (χ1n) is 11.5. The molecule has 0 spiro atoms. The van der Waals surface area contributed by atoms with Gasteiger partial charge in [0.2, 0.25) is 5.91 Å². The van der Waals surface area contributed by atoms with E-state index in [2.05, 4.69) is 10.2 Å². The molecule has 3 heterocycles. The van der Waals surface area contributed by atoms with Crippen molar-refractivity contribution in [1.29, 1.82) is 0 Å². The highest BCUT2D eigenvalue weighted by Crippen LogP contribution is 2.53. The highest BCUT2D eigenvalue weighted by molar-refractivity contribution is 5.90. The minimum atomic E-state index is -0.528. The van der Waals surface area contributed by atoms with Gasteiger partial charge in [0.25, 0.3) is 0 Å². The summed E-state index contributed by atoms with van der Waals surface area (Å²) in [6, 6.07) is 4.89. The molecule has 3 aliphatic heterocycles. The second-order valence-electron chi connectivity index (χ2n) is 9.22. The Morgan fingerprint density at radius 1 is 1.25 bits per heavy atom. The van der Waals surface area contributed by atoms with E-state index in [0.29, 0.717) is 29.1 Å². The minimum Gasteiger partial charge on any atom is -0.442 e. The zero-order valence-corrected chi connectivity index (χ0v) is 18.3. The summed E-state index contributed by atoms with van der Waals surface area (Å²) >= 11 is 0.